The van der Waals surface area contributed by atoms with Gasteiger partial charge in [0.2, 0.25) is 0 Å². The van der Waals surface area contributed by atoms with Gasteiger partial charge in [-0.3, -0.25) is 0 Å². The van der Waals surface area contributed by atoms with Crippen LogP contribution in [0.2, 0.25) is 0 Å². The maximum atomic E-state index is 13.3. The van der Waals surface area contributed by atoms with Crippen LogP contribution in [-0.2, 0) is 0 Å². The molecule has 1 rings (SSSR count). The summed E-state index contributed by atoms with van der Waals surface area (Å²) in [6, 6.07) is 1.46. The van der Waals surface area contributed by atoms with Crippen LogP contribution >= 0.6 is 0 Å². The average Bonchev–Trinajstić information content (AvgIpc) is 2.29. The Morgan fingerprint density at radius 1 is 1.50 bits per heavy atom. The van der Waals surface area contributed by atoms with Crippen LogP contribution in [0.1, 0.15) is 11.6 Å². The fraction of sp³-hybridized carbons (Fsp3) is 0.400. The summed E-state index contributed by atoms with van der Waals surface area (Å²) in [5.74, 6) is -4.21. The Kier molecular flexibility index (Phi) is 3.77. The molecule has 0 bridgehead atoms. The van der Waals surface area contributed by atoms with Crippen molar-refractivity contribution in [3.8, 4) is 5.75 Å². The molecule has 0 aromatic heterocycles. The summed E-state index contributed by atoms with van der Waals surface area (Å²) in [5.41, 5.74) is 4.81. The van der Waals surface area contributed by atoms with Crippen molar-refractivity contribution in [3.05, 3.63) is 29.6 Å². The molecule has 90 valence electrons. The Labute approximate surface area is 90.6 Å². The lowest BCUT2D eigenvalue weighted by Gasteiger charge is -2.22. The lowest BCUT2D eigenvalue weighted by Crippen LogP contribution is -2.36. The topological polar surface area (TPSA) is 55.5 Å². The van der Waals surface area contributed by atoms with Gasteiger partial charge in [0, 0.05) is 5.56 Å². The van der Waals surface area contributed by atoms with Gasteiger partial charge in [0.15, 0.2) is 0 Å². The zero-order valence-electron chi connectivity index (χ0n) is 8.58. The molecule has 1 aromatic carbocycles. The van der Waals surface area contributed by atoms with Crippen LogP contribution in [0.15, 0.2) is 18.2 Å². The molecule has 0 radical (unpaired) electrons. The summed E-state index contributed by atoms with van der Waals surface area (Å²) in [4.78, 5) is 0. The summed E-state index contributed by atoms with van der Waals surface area (Å²) in [7, 11) is 1.33. The Morgan fingerprint density at radius 2 is 2.12 bits per heavy atom. The molecule has 0 aliphatic carbocycles. The van der Waals surface area contributed by atoms with Crippen molar-refractivity contribution in [2.45, 2.75) is 12.0 Å². The first-order valence-corrected chi connectivity index (χ1v) is 4.50. The number of rotatable bonds is 4. The molecule has 0 saturated heterocycles. The molecular formula is C10H12F3NO2. The highest BCUT2D eigenvalue weighted by Crippen LogP contribution is 2.32. The highest BCUT2D eigenvalue weighted by atomic mass is 19.3. The summed E-state index contributed by atoms with van der Waals surface area (Å²) in [6.07, 6.45) is 0. The van der Waals surface area contributed by atoms with Crippen LogP contribution in [-0.4, -0.2) is 24.7 Å². The lowest BCUT2D eigenvalue weighted by atomic mass is 10.0. The minimum absolute atomic E-state index is 0.223. The molecule has 0 fully saturated rings. The van der Waals surface area contributed by atoms with E-state index in [1.165, 1.54) is 13.2 Å². The number of aliphatic hydroxyl groups excluding tert-OH is 1. The van der Waals surface area contributed by atoms with E-state index in [1.807, 2.05) is 0 Å². The van der Waals surface area contributed by atoms with E-state index in [0.717, 1.165) is 12.1 Å². The third kappa shape index (κ3) is 2.45. The van der Waals surface area contributed by atoms with E-state index < -0.39 is 30.0 Å². The van der Waals surface area contributed by atoms with Crippen molar-refractivity contribution >= 4 is 0 Å². The fourth-order valence-electron chi connectivity index (χ4n) is 1.21. The second-order valence-corrected chi connectivity index (χ2v) is 3.28. The third-order valence-corrected chi connectivity index (χ3v) is 2.20. The van der Waals surface area contributed by atoms with E-state index in [4.69, 9.17) is 15.6 Å². The molecule has 0 spiro atoms. The van der Waals surface area contributed by atoms with Gasteiger partial charge in [-0.15, -0.1) is 0 Å². The van der Waals surface area contributed by atoms with Crippen LogP contribution < -0.4 is 10.5 Å². The second kappa shape index (κ2) is 4.71. The van der Waals surface area contributed by atoms with E-state index in [0.29, 0.717) is 0 Å². The molecule has 0 saturated carbocycles. The summed E-state index contributed by atoms with van der Waals surface area (Å²) in [6.45, 7) is -1.44. The molecule has 3 N–H and O–H groups in total. The van der Waals surface area contributed by atoms with E-state index in [1.54, 1.807) is 0 Å². The molecule has 3 nitrogen and oxygen atoms in total. The Hall–Kier alpha value is -1.27. The first kappa shape index (κ1) is 12.8. The summed E-state index contributed by atoms with van der Waals surface area (Å²) < 4.78 is 44.2. The van der Waals surface area contributed by atoms with Gasteiger partial charge in [0.05, 0.1) is 13.2 Å². The minimum atomic E-state index is -3.58. The molecule has 0 aliphatic heterocycles. The smallest absolute Gasteiger partial charge is 0.289 e. The highest BCUT2D eigenvalue weighted by molar-refractivity contribution is 5.32. The van der Waals surface area contributed by atoms with Crippen LogP contribution in [0.5, 0.6) is 5.75 Å². The van der Waals surface area contributed by atoms with Crippen molar-refractivity contribution in [1.29, 1.82) is 0 Å². The number of aliphatic hydroxyl groups is 1. The number of halogens is 3. The summed E-state index contributed by atoms with van der Waals surface area (Å²) >= 11 is 0. The van der Waals surface area contributed by atoms with Gasteiger partial charge in [-0.05, 0) is 18.2 Å². The molecular weight excluding hydrogens is 223 g/mol. The number of hydrogen-bond acceptors (Lipinski definition) is 3. The molecule has 0 heterocycles. The van der Waals surface area contributed by atoms with Gasteiger partial charge in [-0.1, -0.05) is 0 Å². The number of alkyl halides is 2. The van der Waals surface area contributed by atoms with Crippen LogP contribution in [0.4, 0.5) is 13.2 Å². The van der Waals surface area contributed by atoms with Gasteiger partial charge in [-0.2, -0.15) is 0 Å². The predicted molar refractivity (Wildman–Crippen MR) is 51.9 cm³/mol. The zero-order chi connectivity index (χ0) is 12.3. The van der Waals surface area contributed by atoms with Crippen molar-refractivity contribution in [2.24, 2.45) is 5.73 Å². The van der Waals surface area contributed by atoms with E-state index in [9.17, 15) is 13.2 Å². The van der Waals surface area contributed by atoms with E-state index in [2.05, 4.69) is 0 Å². The van der Waals surface area contributed by atoms with Gasteiger partial charge < -0.3 is 15.6 Å². The van der Waals surface area contributed by atoms with Crippen LogP contribution in [0.3, 0.4) is 0 Å². The standard InChI is InChI=1S/C10H12F3NO2/c1-16-6-2-3-8(11)7(4-6)9(14)10(12,13)5-15/h2-4,9,15H,5,14H2,1H3/t9-/m1/s1. The van der Waals surface area contributed by atoms with Crippen molar-refractivity contribution < 1.29 is 23.0 Å². The molecule has 0 amide bonds. The number of hydrogen-bond donors (Lipinski definition) is 2. The Bertz CT molecular complexity index is 371. The van der Waals surface area contributed by atoms with Crippen molar-refractivity contribution in [2.75, 3.05) is 13.7 Å². The van der Waals surface area contributed by atoms with Gasteiger partial charge >= 0.3 is 0 Å². The molecule has 6 heteroatoms. The number of benzene rings is 1. The largest absolute Gasteiger partial charge is 0.497 e. The number of ether oxygens (including phenoxy) is 1. The number of methoxy groups -OCH3 is 1. The summed E-state index contributed by atoms with van der Waals surface area (Å²) in [5, 5.41) is 8.46. The first-order chi connectivity index (χ1) is 7.42. The maximum absolute atomic E-state index is 13.3. The third-order valence-electron chi connectivity index (χ3n) is 2.20. The molecule has 0 unspecified atom stereocenters. The van der Waals surface area contributed by atoms with Crippen LogP contribution in [0.25, 0.3) is 0 Å². The maximum Gasteiger partial charge on any atom is 0.289 e. The fourth-order valence-corrected chi connectivity index (χ4v) is 1.21. The molecule has 0 aliphatic rings. The average molecular weight is 235 g/mol. The Morgan fingerprint density at radius 3 is 2.62 bits per heavy atom. The van der Waals surface area contributed by atoms with Crippen molar-refractivity contribution in [1.82, 2.24) is 0 Å². The lowest BCUT2D eigenvalue weighted by molar-refractivity contribution is -0.0719. The highest BCUT2D eigenvalue weighted by Gasteiger charge is 2.38. The number of nitrogens with two attached hydrogens (primary N) is 1. The van der Waals surface area contributed by atoms with E-state index in [-0.39, 0.29) is 5.75 Å². The SMILES string of the molecule is COc1ccc(F)c([C@@H](N)C(F)(F)CO)c1. The zero-order valence-corrected chi connectivity index (χ0v) is 8.58. The first-order valence-electron chi connectivity index (χ1n) is 4.50. The quantitative estimate of drug-likeness (QED) is 0.830. The predicted octanol–water partition coefficient (Wildman–Crippen LogP) is 1.46. The van der Waals surface area contributed by atoms with Gasteiger partial charge in [0.1, 0.15) is 18.2 Å². The second-order valence-electron chi connectivity index (χ2n) is 3.28. The van der Waals surface area contributed by atoms with Crippen LogP contribution in [0, 0.1) is 5.82 Å². The molecule has 1 atom stereocenters. The Balaban J connectivity index is 3.11. The minimum Gasteiger partial charge on any atom is -0.497 e. The van der Waals surface area contributed by atoms with Crippen molar-refractivity contribution in [3.63, 3.8) is 0 Å². The normalized spacial score (nSPS) is 13.6. The van der Waals surface area contributed by atoms with Gasteiger partial charge in [-0.25, -0.2) is 13.2 Å². The molecule has 1 aromatic rings. The molecule has 16 heavy (non-hydrogen) atoms. The van der Waals surface area contributed by atoms with E-state index >= 15 is 0 Å². The monoisotopic (exact) mass is 235 g/mol. The van der Waals surface area contributed by atoms with Gasteiger partial charge in [0.25, 0.3) is 5.92 Å².